The predicted octanol–water partition coefficient (Wildman–Crippen LogP) is 3.25. The maximum absolute atomic E-state index is 13.4. The molecule has 3 rings (SSSR count). The smallest absolute Gasteiger partial charge is 0.260 e. The molecule has 1 unspecified atom stereocenters. The lowest BCUT2D eigenvalue weighted by atomic mass is 9.87. The van der Waals surface area contributed by atoms with Crippen molar-refractivity contribution in [1.29, 1.82) is 0 Å². The molecule has 1 fully saturated rings. The highest BCUT2D eigenvalue weighted by atomic mass is 16.2. The van der Waals surface area contributed by atoms with Gasteiger partial charge in [0.25, 0.3) is 5.91 Å². The van der Waals surface area contributed by atoms with Crippen LogP contribution in [0, 0.1) is 6.92 Å². The van der Waals surface area contributed by atoms with E-state index in [2.05, 4.69) is 10.3 Å². The molecule has 1 aliphatic rings. The third kappa shape index (κ3) is 3.02. The number of aryl methyl sites for hydroxylation is 1. The summed E-state index contributed by atoms with van der Waals surface area (Å²) in [4.78, 5) is 31.8. The van der Waals surface area contributed by atoms with Gasteiger partial charge in [-0.15, -0.1) is 0 Å². The summed E-state index contributed by atoms with van der Waals surface area (Å²) in [7, 11) is 0. The molecule has 2 amide bonds. The molecule has 1 atom stereocenters. The molecule has 0 saturated carbocycles. The minimum absolute atomic E-state index is 0.0722. The number of hydrogen-bond donors (Lipinski definition) is 1. The maximum Gasteiger partial charge on any atom is 0.260 e. The first-order valence-electron chi connectivity index (χ1n) is 8.38. The van der Waals surface area contributed by atoms with Crippen LogP contribution in [-0.4, -0.2) is 27.2 Å². The van der Waals surface area contributed by atoms with Gasteiger partial charge >= 0.3 is 0 Å². The summed E-state index contributed by atoms with van der Waals surface area (Å²) in [5.74, 6) is 0.154. The number of pyridine rings is 1. The van der Waals surface area contributed by atoms with Crippen LogP contribution in [-0.2, 0) is 15.1 Å². The van der Waals surface area contributed by atoms with Crippen molar-refractivity contribution >= 4 is 17.6 Å². The Morgan fingerprint density at radius 1 is 1.08 bits per heavy atom. The molecule has 130 valence electrons. The number of nitrogens with zero attached hydrogens (tertiary/aromatic N) is 2. The van der Waals surface area contributed by atoms with Gasteiger partial charge in [-0.1, -0.05) is 35.9 Å². The van der Waals surface area contributed by atoms with E-state index in [1.54, 1.807) is 12.3 Å². The highest BCUT2D eigenvalue weighted by molar-refractivity contribution is 6.10. The van der Waals surface area contributed by atoms with Gasteiger partial charge in [-0.05, 0) is 45.4 Å². The molecule has 1 saturated heterocycles. The number of hydrogen-bond acceptors (Lipinski definition) is 4. The van der Waals surface area contributed by atoms with Gasteiger partial charge in [-0.3, -0.25) is 14.5 Å². The van der Waals surface area contributed by atoms with Crippen LogP contribution in [0.5, 0.6) is 0 Å². The summed E-state index contributed by atoms with van der Waals surface area (Å²) >= 11 is 0. The third-order valence-corrected chi connectivity index (χ3v) is 4.46. The number of carbonyl (C=O) groups is 2. The Hall–Kier alpha value is -2.69. The van der Waals surface area contributed by atoms with E-state index in [9.17, 15) is 9.59 Å². The number of rotatable bonds is 3. The number of likely N-dealkylation sites (tertiary alicyclic amines) is 1. The van der Waals surface area contributed by atoms with Gasteiger partial charge in [0.2, 0.25) is 5.91 Å². The van der Waals surface area contributed by atoms with Gasteiger partial charge < -0.3 is 5.32 Å². The van der Waals surface area contributed by atoms with Crippen LogP contribution in [0.1, 0.15) is 38.3 Å². The van der Waals surface area contributed by atoms with Crippen molar-refractivity contribution in [2.45, 2.75) is 45.2 Å². The Kier molecular flexibility index (Phi) is 4.11. The van der Waals surface area contributed by atoms with Crippen LogP contribution in [0.3, 0.4) is 0 Å². The first-order valence-corrected chi connectivity index (χ1v) is 8.38. The summed E-state index contributed by atoms with van der Waals surface area (Å²) in [5.41, 5.74) is 0.161. The van der Waals surface area contributed by atoms with Gasteiger partial charge in [0.15, 0.2) is 5.54 Å². The third-order valence-electron chi connectivity index (χ3n) is 4.46. The van der Waals surface area contributed by atoms with E-state index in [0.29, 0.717) is 5.82 Å². The molecule has 1 aromatic heterocycles. The second-order valence-electron chi connectivity index (χ2n) is 7.49. The summed E-state index contributed by atoms with van der Waals surface area (Å²) < 4.78 is 0. The van der Waals surface area contributed by atoms with Gasteiger partial charge in [-0.2, -0.15) is 0 Å². The quantitative estimate of drug-likeness (QED) is 0.873. The number of anilines is 1. The molecular formula is C20H23N3O2. The van der Waals surface area contributed by atoms with Crippen molar-refractivity contribution in [3.63, 3.8) is 0 Å². The zero-order chi connectivity index (χ0) is 18.2. The van der Waals surface area contributed by atoms with Gasteiger partial charge in [0.1, 0.15) is 5.82 Å². The normalized spacial score (nSPS) is 20.9. The average Bonchev–Trinajstić information content (AvgIpc) is 2.80. The second kappa shape index (κ2) is 5.99. The number of aromatic nitrogens is 1. The van der Waals surface area contributed by atoms with E-state index in [-0.39, 0.29) is 18.2 Å². The lowest BCUT2D eigenvalue weighted by Gasteiger charge is -2.34. The van der Waals surface area contributed by atoms with E-state index in [1.165, 1.54) is 4.90 Å². The average molecular weight is 337 g/mol. The van der Waals surface area contributed by atoms with E-state index < -0.39 is 11.1 Å². The Morgan fingerprint density at radius 2 is 1.76 bits per heavy atom. The Labute approximate surface area is 148 Å². The maximum atomic E-state index is 13.4. The van der Waals surface area contributed by atoms with Crippen LogP contribution >= 0.6 is 0 Å². The molecule has 2 heterocycles. The van der Waals surface area contributed by atoms with Crippen LogP contribution in [0.4, 0.5) is 5.82 Å². The molecule has 1 N–H and O–H groups in total. The van der Waals surface area contributed by atoms with Gasteiger partial charge in [0, 0.05) is 11.7 Å². The molecule has 0 spiro atoms. The molecule has 25 heavy (non-hydrogen) atoms. The summed E-state index contributed by atoms with van der Waals surface area (Å²) in [5, 5.41) is 3.25. The van der Waals surface area contributed by atoms with Crippen molar-refractivity contribution in [3.8, 4) is 0 Å². The molecule has 2 aromatic rings. The number of imide groups is 1. The molecule has 1 aliphatic heterocycles. The zero-order valence-electron chi connectivity index (χ0n) is 15.0. The second-order valence-corrected chi connectivity index (χ2v) is 7.49. The van der Waals surface area contributed by atoms with Crippen molar-refractivity contribution in [3.05, 3.63) is 59.8 Å². The Morgan fingerprint density at radius 3 is 2.28 bits per heavy atom. The predicted molar refractivity (Wildman–Crippen MR) is 96.9 cm³/mol. The molecule has 1 aromatic carbocycles. The molecule has 0 radical (unpaired) electrons. The monoisotopic (exact) mass is 337 g/mol. The van der Waals surface area contributed by atoms with Crippen LogP contribution in [0.25, 0.3) is 0 Å². The fourth-order valence-corrected chi connectivity index (χ4v) is 3.25. The number of amides is 2. The summed E-state index contributed by atoms with van der Waals surface area (Å²) in [6.07, 6.45) is 1.73. The van der Waals surface area contributed by atoms with Crippen molar-refractivity contribution in [2.24, 2.45) is 0 Å². The number of carbonyl (C=O) groups excluding carboxylic acids is 2. The summed E-state index contributed by atoms with van der Waals surface area (Å²) in [6.45, 7) is 7.60. The molecule has 0 aliphatic carbocycles. The standard InChI is InChI=1S/C20H23N3O2/c1-14-8-10-15(11-9-14)20(22-16-7-5-6-12-21-16)13-17(24)23(18(20)25)19(2,3)4/h5-12H,13H2,1-4H3,(H,21,22). The van der Waals surface area contributed by atoms with E-state index in [4.69, 9.17) is 0 Å². The molecule has 5 heteroatoms. The van der Waals surface area contributed by atoms with Gasteiger partial charge in [0.05, 0.1) is 6.42 Å². The largest absolute Gasteiger partial charge is 0.352 e. The highest BCUT2D eigenvalue weighted by Gasteiger charge is 2.55. The highest BCUT2D eigenvalue weighted by Crippen LogP contribution is 2.40. The topological polar surface area (TPSA) is 62.3 Å². The Bertz CT molecular complexity index is 794. The molecular weight excluding hydrogens is 314 g/mol. The zero-order valence-corrected chi connectivity index (χ0v) is 15.0. The molecule has 0 bridgehead atoms. The van der Waals surface area contributed by atoms with Crippen molar-refractivity contribution in [2.75, 3.05) is 5.32 Å². The van der Waals surface area contributed by atoms with Gasteiger partial charge in [-0.25, -0.2) is 4.98 Å². The fourth-order valence-electron chi connectivity index (χ4n) is 3.25. The minimum atomic E-state index is -1.13. The number of benzene rings is 1. The van der Waals surface area contributed by atoms with Crippen LogP contribution < -0.4 is 5.32 Å². The fraction of sp³-hybridized carbons (Fsp3) is 0.350. The molecule has 5 nitrogen and oxygen atoms in total. The first-order chi connectivity index (χ1) is 11.7. The van der Waals surface area contributed by atoms with Crippen LogP contribution in [0.15, 0.2) is 48.7 Å². The Balaban J connectivity index is 2.12. The minimum Gasteiger partial charge on any atom is -0.352 e. The summed E-state index contributed by atoms with van der Waals surface area (Å²) in [6, 6.07) is 13.2. The van der Waals surface area contributed by atoms with Crippen molar-refractivity contribution < 1.29 is 9.59 Å². The number of nitrogens with one attached hydrogen (secondary N) is 1. The van der Waals surface area contributed by atoms with E-state index in [1.807, 2.05) is 64.1 Å². The first kappa shape index (κ1) is 17.1. The van der Waals surface area contributed by atoms with E-state index in [0.717, 1.165) is 11.1 Å². The SMILES string of the molecule is Cc1ccc(C2(Nc3ccccn3)CC(=O)N(C(C)(C)C)C2=O)cc1. The van der Waals surface area contributed by atoms with Crippen LogP contribution in [0.2, 0.25) is 0 Å². The lowest BCUT2D eigenvalue weighted by molar-refractivity contribution is -0.145. The van der Waals surface area contributed by atoms with E-state index >= 15 is 0 Å². The van der Waals surface area contributed by atoms with Crippen molar-refractivity contribution in [1.82, 2.24) is 9.88 Å². The lowest BCUT2D eigenvalue weighted by Crippen LogP contribution is -2.50.